The van der Waals surface area contributed by atoms with Crippen LogP contribution in [-0.4, -0.2) is 71.1 Å². The second kappa shape index (κ2) is 10.2. The van der Waals surface area contributed by atoms with Crippen molar-refractivity contribution in [3.05, 3.63) is 34.4 Å². The van der Waals surface area contributed by atoms with Crippen molar-refractivity contribution >= 4 is 28.4 Å². The fourth-order valence-electron chi connectivity index (χ4n) is 9.00. The summed E-state index contributed by atoms with van der Waals surface area (Å²) in [6.45, 7) is 8.04. The van der Waals surface area contributed by atoms with Crippen LogP contribution in [0.25, 0.3) is 10.9 Å². The third-order valence-electron chi connectivity index (χ3n) is 10.5. The highest BCUT2D eigenvalue weighted by Crippen LogP contribution is 2.55. The van der Waals surface area contributed by atoms with Crippen LogP contribution >= 0.6 is 0 Å². The van der Waals surface area contributed by atoms with Crippen LogP contribution in [-0.2, 0) is 9.59 Å². The second-order valence-corrected chi connectivity index (χ2v) is 13.3. The summed E-state index contributed by atoms with van der Waals surface area (Å²) in [6, 6.07) is 5.15. The smallest absolute Gasteiger partial charge is 0.262 e. The average molecular weight is 547 g/mol. The molecule has 4 aliphatic carbocycles. The molecule has 3 heterocycles. The minimum absolute atomic E-state index is 0.226. The maximum Gasteiger partial charge on any atom is 0.262 e. The summed E-state index contributed by atoms with van der Waals surface area (Å²) >= 11 is 0. The zero-order valence-electron chi connectivity index (χ0n) is 23.7. The van der Waals surface area contributed by atoms with Crippen LogP contribution in [0.4, 0.5) is 5.69 Å². The minimum atomic E-state index is -0.697. The number of carbonyl (C=O) groups excluding carboxylic acids is 2. The summed E-state index contributed by atoms with van der Waals surface area (Å²) in [7, 11) is 0. The summed E-state index contributed by atoms with van der Waals surface area (Å²) in [4.78, 5) is 47.0. The third-order valence-corrected chi connectivity index (χ3v) is 10.5. The van der Waals surface area contributed by atoms with Crippen molar-refractivity contribution in [1.29, 1.82) is 0 Å². The molecule has 2 aliphatic heterocycles. The number of aromatic nitrogens is 2. The van der Waals surface area contributed by atoms with E-state index in [1.165, 1.54) is 49.5 Å². The zero-order valence-corrected chi connectivity index (χ0v) is 23.7. The van der Waals surface area contributed by atoms with E-state index >= 15 is 0 Å². The molecular formula is C31H42N6O3. The fraction of sp³-hybridized carbons (Fsp3) is 0.677. The number of imide groups is 1. The maximum atomic E-state index is 13.3. The van der Waals surface area contributed by atoms with E-state index in [4.69, 9.17) is 4.98 Å². The summed E-state index contributed by atoms with van der Waals surface area (Å²) in [5.74, 6) is 2.75. The van der Waals surface area contributed by atoms with Crippen molar-refractivity contribution in [3.63, 3.8) is 0 Å². The Kier molecular flexibility index (Phi) is 6.70. The topological polar surface area (TPSA) is 99.6 Å². The molecule has 0 spiro atoms. The van der Waals surface area contributed by atoms with Gasteiger partial charge in [-0.25, -0.2) is 4.98 Å². The molecule has 2 aromatic rings. The SMILES string of the molecule is Cc1nc2cc(N3CCN(CCCNC45CC6CC(CC(C6)C4)C5)CC3)ccc2c(=O)n1C1CCC(=O)NC1=O. The summed E-state index contributed by atoms with van der Waals surface area (Å²) in [5, 5.41) is 6.90. The van der Waals surface area contributed by atoms with Gasteiger partial charge in [0.25, 0.3) is 5.56 Å². The molecule has 2 saturated heterocycles. The monoisotopic (exact) mass is 546 g/mol. The molecule has 1 aromatic heterocycles. The Balaban J connectivity index is 0.940. The van der Waals surface area contributed by atoms with Crippen LogP contribution in [0.3, 0.4) is 0 Å². The minimum Gasteiger partial charge on any atom is -0.369 e. The maximum absolute atomic E-state index is 13.3. The second-order valence-electron chi connectivity index (χ2n) is 13.3. The number of fused-ring (bicyclic) bond motifs is 1. The molecule has 9 heteroatoms. The Labute approximate surface area is 235 Å². The first-order chi connectivity index (χ1) is 19.4. The van der Waals surface area contributed by atoms with Crippen molar-refractivity contribution < 1.29 is 9.59 Å². The first-order valence-electron chi connectivity index (χ1n) is 15.4. The number of nitrogens with one attached hydrogen (secondary N) is 2. The Morgan fingerprint density at radius 2 is 1.70 bits per heavy atom. The third kappa shape index (κ3) is 4.85. The first kappa shape index (κ1) is 26.1. The van der Waals surface area contributed by atoms with Gasteiger partial charge in [-0.1, -0.05) is 0 Å². The lowest BCUT2D eigenvalue weighted by Gasteiger charge is -2.57. The normalized spacial score (nSPS) is 32.2. The largest absolute Gasteiger partial charge is 0.369 e. The van der Waals surface area contributed by atoms with Gasteiger partial charge in [-0.05, 0) is 107 Å². The molecule has 4 saturated carbocycles. The lowest BCUT2D eigenvalue weighted by atomic mass is 9.53. The van der Waals surface area contributed by atoms with Gasteiger partial charge >= 0.3 is 0 Å². The highest BCUT2D eigenvalue weighted by Gasteiger charge is 2.50. The molecule has 40 heavy (non-hydrogen) atoms. The number of piperazine rings is 1. The van der Waals surface area contributed by atoms with Crippen LogP contribution < -0.4 is 21.1 Å². The molecule has 9 nitrogen and oxygen atoms in total. The average Bonchev–Trinajstić information content (AvgIpc) is 2.91. The molecule has 4 bridgehead atoms. The van der Waals surface area contributed by atoms with Gasteiger partial charge in [0, 0.05) is 43.8 Å². The van der Waals surface area contributed by atoms with Gasteiger partial charge in [0.1, 0.15) is 11.9 Å². The Morgan fingerprint density at radius 3 is 2.38 bits per heavy atom. The van der Waals surface area contributed by atoms with Gasteiger partial charge < -0.3 is 10.2 Å². The Hall–Kier alpha value is -2.78. The van der Waals surface area contributed by atoms with E-state index in [0.717, 1.165) is 62.7 Å². The molecule has 1 aromatic carbocycles. The number of hydrogen-bond acceptors (Lipinski definition) is 7. The van der Waals surface area contributed by atoms with Crippen molar-refractivity contribution in [2.24, 2.45) is 17.8 Å². The van der Waals surface area contributed by atoms with E-state index in [2.05, 4.69) is 20.4 Å². The van der Waals surface area contributed by atoms with Crippen LogP contribution in [0.15, 0.2) is 23.0 Å². The molecule has 6 fully saturated rings. The molecule has 2 N–H and O–H groups in total. The molecule has 214 valence electrons. The van der Waals surface area contributed by atoms with E-state index in [1.54, 1.807) is 6.92 Å². The molecule has 2 amide bonds. The van der Waals surface area contributed by atoms with Crippen LogP contribution in [0.2, 0.25) is 0 Å². The van der Waals surface area contributed by atoms with E-state index < -0.39 is 11.9 Å². The van der Waals surface area contributed by atoms with E-state index in [9.17, 15) is 14.4 Å². The van der Waals surface area contributed by atoms with Gasteiger partial charge in [0.15, 0.2) is 0 Å². The number of anilines is 1. The van der Waals surface area contributed by atoms with Gasteiger partial charge in [-0.15, -0.1) is 0 Å². The van der Waals surface area contributed by atoms with Crippen molar-refractivity contribution in [2.45, 2.75) is 76.3 Å². The van der Waals surface area contributed by atoms with E-state index in [0.29, 0.717) is 28.7 Å². The zero-order chi connectivity index (χ0) is 27.4. The first-order valence-corrected chi connectivity index (χ1v) is 15.4. The highest BCUT2D eigenvalue weighted by atomic mass is 16.2. The van der Waals surface area contributed by atoms with Crippen molar-refractivity contribution in [3.8, 4) is 0 Å². The number of carbonyl (C=O) groups is 2. The Morgan fingerprint density at radius 1 is 1.00 bits per heavy atom. The van der Waals surface area contributed by atoms with Crippen LogP contribution in [0.1, 0.15) is 69.7 Å². The van der Waals surface area contributed by atoms with Crippen LogP contribution in [0, 0.1) is 24.7 Å². The highest BCUT2D eigenvalue weighted by molar-refractivity contribution is 5.99. The quantitative estimate of drug-likeness (QED) is 0.407. The number of aryl methyl sites for hydroxylation is 1. The Bertz CT molecular complexity index is 1340. The molecule has 1 atom stereocenters. The number of hydrogen-bond donors (Lipinski definition) is 2. The van der Waals surface area contributed by atoms with E-state index in [1.807, 2.05) is 18.2 Å². The predicted octanol–water partition coefficient (Wildman–Crippen LogP) is 2.75. The molecule has 0 radical (unpaired) electrons. The summed E-state index contributed by atoms with van der Waals surface area (Å²) < 4.78 is 1.45. The molecule has 6 aliphatic rings. The molecule has 8 rings (SSSR count). The number of benzene rings is 1. The fourth-order valence-corrected chi connectivity index (χ4v) is 9.00. The number of nitrogens with zero attached hydrogens (tertiary/aromatic N) is 4. The number of rotatable bonds is 7. The van der Waals surface area contributed by atoms with Gasteiger partial charge in [-0.3, -0.25) is 29.2 Å². The van der Waals surface area contributed by atoms with Crippen molar-refractivity contribution in [2.75, 3.05) is 44.2 Å². The summed E-state index contributed by atoms with van der Waals surface area (Å²) in [5.41, 5.74) is 1.97. The van der Waals surface area contributed by atoms with E-state index in [-0.39, 0.29) is 17.9 Å². The van der Waals surface area contributed by atoms with Crippen molar-refractivity contribution in [1.82, 2.24) is 25.1 Å². The number of amides is 2. The van der Waals surface area contributed by atoms with Gasteiger partial charge in [0.05, 0.1) is 10.9 Å². The lowest BCUT2D eigenvalue weighted by molar-refractivity contribution is -0.135. The predicted molar refractivity (Wildman–Crippen MR) is 154 cm³/mol. The molecule has 1 unspecified atom stereocenters. The lowest BCUT2D eigenvalue weighted by Crippen LogP contribution is -2.58. The number of piperidine rings is 1. The molecular weight excluding hydrogens is 504 g/mol. The standard InChI is InChI=1S/C31H42N6O3/c1-20-33-26-16-24(3-4-25(26)30(40)37(20)27-5-6-28(38)34-29(27)39)36-11-9-35(10-12-36)8-2-7-32-31-17-21-13-22(18-31)15-23(14-21)19-31/h3-4,16,21-23,27,32H,2,5-15,17-19H2,1H3,(H,34,38,39). The van der Waals surface area contributed by atoms with Crippen LogP contribution in [0.5, 0.6) is 0 Å². The summed E-state index contributed by atoms with van der Waals surface area (Å²) in [6.07, 6.45) is 10.5. The van der Waals surface area contributed by atoms with Gasteiger partial charge in [-0.2, -0.15) is 0 Å². The van der Waals surface area contributed by atoms with Gasteiger partial charge in [0.2, 0.25) is 11.8 Å².